The first-order valence-corrected chi connectivity index (χ1v) is 9.42. The lowest BCUT2D eigenvalue weighted by Crippen LogP contribution is -2.40. The number of anilines is 1. The van der Waals surface area contributed by atoms with Gasteiger partial charge in [0.1, 0.15) is 5.60 Å². The maximum Gasteiger partial charge on any atom is 0.191 e. The van der Waals surface area contributed by atoms with E-state index in [-0.39, 0.29) is 30.5 Å². The third-order valence-corrected chi connectivity index (χ3v) is 4.38. The molecule has 0 saturated carbocycles. The number of rotatable bonds is 9. The van der Waals surface area contributed by atoms with Crippen LogP contribution in [-0.2, 0) is 12.6 Å². The third kappa shape index (κ3) is 7.67. The van der Waals surface area contributed by atoms with Gasteiger partial charge in [0, 0.05) is 51.2 Å². The van der Waals surface area contributed by atoms with Crippen molar-refractivity contribution in [3.63, 3.8) is 0 Å². The maximum absolute atomic E-state index is 10.7. The minimum absolute atomic E-state index is 0. The van der Waals surface area contributed by atoms with Crippen molar-refractivity contribution >= 4 is 35.6 Å². The summed E-state index contributed by atoms with van der Waals surface area (Å²) in [6.07, 6.45) is 4.47. The van der Waals surface area contributed by atoms with Gasteiger partial charge in [-0.2, -0.15) is 5.10 Å². The van der Waals surface area contributed by atoms with E-state index in [2.05, 4.69) is 44.8 Å². The normalized spacial score (nSPS) is 13.4. The SMILES string of the molecule is CCNC(=NCC(C)(O)c1cnn(C)c1)NCCCN(C)c1ccccc1.I. The summed E-state index contributed by atoms with van der Waals surface area (Å²) in [6.45, 7) is 6.57. The van der Waals surface area contributed by atoms with Gasteiger partial charge in [-0.15, -0.1) is 24.0 Å². The molecule has 0 fully saturated rings. The number of aryl methyl sites for hydroxylation is 1. The highest BCUT2D eigenvalue weighted by molar-refractivity contribution is 14.0. The van der Waals surface area contributed by atoms with Crippen LogP contribution in [0.25, 0.3) is 0 Å². The van der Waals surface area contributed by atoms with Gasteiger partial charge in [0.2, 0.25) is 0 Å². The molecule has 1 atom stereocenters. The lowest BCUT2D eigenvalue weighted by atomic mass is 10.0. The van der Waals surface area contributed by atoms with Crippen LogP contribution in [0.2, 0.25) is 0 Å². The van der Waals surface area contributed by atoms with E-state index in [0.717, 1.165) is 31.6 Å². The summed E-state index contributed by atoms with van der Waals surface area (Å²) in [7, 11) is 3.93. The lowest BCUT2D eigenvalue weighted by molar-refractivity contribution is 0.0672. The van der Waals surface area contributed by atoms with Crippen molar-refractivity contribution in [1.29, 1.82) is 0 Å². The van der Waals surface area contributed by atoms with Crippen molar-refractivity contribution in [2.24, 2.45) is 12.0 Å². The molecular formula is C20H33IN6O. The first-order valence-electron chi connectivity index (χ1n) is 9.42. The Labute approximate surface area is 185 Å². The number of benzene rings is 1. The largest absolute Gasteiger partial charge is 0.383 e. The minimum Gasteiger partial charge on any atom is -0.383 e. The summed E-state index contributed by atoms with van der Waals surface area (Å²) >= 11 is 0. The Morgan fingerprint density at radius 1 is 1.29 bits per heavy atom. The fourth-order valence-electron chi connectivity index (χ4n) is 2.70. The molecule has 2 rings (SSSR count). The van der Waals surface area contributed by atoms with Gasteiger partial charge in [-0.3, -0.25) is 4.68 Å². The van der Waals surface area contributed by atoms with Gasteiger partial charge in [-0.25, -0.2) is 4.99 Å². The van der Waals surface area contributed by atoms with E-state index in [1.54, 1.807) is 17.8 Å². The summed E-state index contributed by atoms with van der Waals surface area (Å²) in [4.78, 5) is 6.77. The van der Waals surface area contributed by atoms with Crippen LogP contribution in [0.1, 0.15) is 25.8 Å². The van der Waals surface area contributed by atoms with Gasteiger partial charge >= 0.3 is 0 Å². The second-order valence-corrected chi connectivity index (χ2v) is 6.91. The summed E-state index contributed by atoms with van der Waals surface area (Å²) in [5, 5.41) is 21.3. The van der Waals surface area contributed by atoms with Crippen molar-refractivity contribution in [3.8, 4) is 0 Å². The number of aliphatic imine (C=N–C) groups is 1. The zero-order valence-corrected chi connectivity index (χ0v) is 19.6. The highest BCUT2D eigenvalue weighted by Crippen LogP contribution is 2.19. The predicted molar refractivity (Wildman–Crippen MR) is 127 cm³/mol. The molecule has 0 spiro atoms. The van der Waals surface area contributed by atoms with E-state index in [1.807, 2.05) is 38.4 Å². The van der Waals surface area contributed by atoms with E-state index in [1.165, 1.54) is 5.69 Å². The Bertz CT molecular complexity index is 716. The molecule has 1 heterocycles. The molecule has 0 amide bonds. The summed E-state index contributed by atoms with van der Waals surface area (Å²) in [5.74, 6) is 0.712. The summed E-state index contributed by atoms with van der Waals surface area (Å²) in [5.41, 5.74) is 0.920. The number of aromatic nitrogens is 2. The smallest absolute Gasteiger partial charge is 0.191 e. The zero-order chi connectivity index (χ0) is 19.7. The van der Waals surface area contributed by atoms with Crippen LogP contribution >= 0.6 is 24.0 Å². The fourth-order valence-corrected chi connectivity index (χ4v) is 2.70. The molecule has 0 aliphatic rings. The van der Waals surface area contributed by atoms with Crippen molar-refractivity contribution < 1.29 is 5.11 Å². The first-order chi connectivity index (χ1) is 12.9. The Morgan fingerprint density at radius 2 is 2.00 bits per heavy atom. The number of aliphatic hydroxyl groups is 1. The van der Waals surface area contributed by atoms with E-state index < -0.39 is 5.60 Å². The van der Waals surface area contributed by atoms with Crippen molar-refractivity contribution in [1.82, 2.24) is 20.4 Å². The molecule has 0 saturated heterocycles. The molecule has 1 aromatic carbocycles. The molecule has 0 aliphatic heterocycles. The molecular weight excluding hydrogens is 467 g/mol. The molecule has 3 N–H and O–H groups in total. The Balaban J connectivity index is 0.00000392. The third-order valence-electron chi connectivity index (χ3n) is 4.38. The average Bonchev–Trinajstić information content (AvgIpc) is 3.11. The second kappa shape index (κ2) is 11.9. The van der Waals surface area contributed by atoms with Crippen molar-refractivity contribution in [3.05, 3.63) is 48.3 Å². The Morgan fingerprint density at radius 3 is 2.61 bits per heavy atom. The van der Waals surface area contributed by atoms with Gasteiger partial charge in [-0.1, -0.05) is 18.2 Å². The maximum atomic E-state index is 10.7. The Kier molecular flexibility index (Phi) is 10.3. The Hall–Kier alpha value is -1.81. The van der Waals surface area contributed by atoms with Crippen molar-refractivity contribution in [2.45, 2.75) is 25.9 Å². The van der Waals surface area contributed by atoms with Crippen LogP contribution in [0.4, 0.5) is 5.69 Å². The van der Waals surface area contributed by atoms with Crippen LogP contribution in [-0.4, -0.2) is 54.1 Å². The molecule has 8 heteroatoms. The molecule has 0 aliphatic carbocycles. The number of hydrogen-bond acceptors (Lipinski definition) is 4. The molecule has 28 heavy (non-hydrogen) atoms. The van der Waals surface area contributed by atoms with Crippen molar-refractivity contribution in [2.75, 3.05) is 38.1 Å². The van der Waals surface area contributed by atoms with Gasteiger partial charge in [-0.05, 0) is 32.4 Å². The van der Waals surface area contributed by atoms with E-state index in [9.17, 15) is 5.11 Å². The number of nitrogens with one attached hydrogen (secondary N) is 2. The number of hydrogen-bond donors (Lipinski definition) is 3. The quantitative estimate of drug-likeness (QED) is 0.213. The molecule has 0 bridgehead atoms. The molecule has 2 aromatic rings. The molecule has 0 radical (unpaired) electrons. The monoisotopic (exact) mass is 500 g/mol. The highest BCUT2D eigenvalue weighted by Gasteiger charge is 2.24. The first kappa shape index (κ1) is 24.2. The topological polar surface area (TPSA) is 77.7 Å². The van der Waals surface area contributed by atoms with Gasteiger partial charge in [0.15, 0.2) is 5.96 Å². The van der Waals surface area contributed by atoms with Gasteiger partial charge in [0.25, 0.3) is 0 Å². The van der Waals surface area contributed by atoms with Crippen LogP contribution in [0.3, 0.4) is 0 Å². The predicted octanol–water partition coefficient (Wildman–Crippen LogP) is 2.33. The standard InChI is InChI=1S/C20H32N6O.HI/c1-5-21-19(23-16-20(2,27)17-14-24-26(4)15-17)22-12-9-13-25(3)18-10-7-6-8-11-18;/h6-8,10-11,14-15,27H,5,9,12-13,16H2,1-4H3,(H2,21,22,23);1H. The van der Waals surface area contributed by atoms with Gasteiger partial charge < -0.3 is 20.6 Å². The summed E-state index contributed by atoms with van der Waals surface area (Å²) < 4.78 is 1.68. The van der Waals surface area contributed by atoms with E-state index in [0.29, 0.717) is 5.96 Å². The molecule has 7 nitrogen and oxygen atoms in total. The second-order valence-electron chi connectivity index (χ2n) is 6.91. The average molecular weight is 500 g/mol. The lowest BCUT2D eigenvalue weighted by Gasteiger charge is -2.21. The molecule has 1 unspecified atom stereocenters. The number of halogens is 1. The van der Waals surface area contributed by atoms with E-state index in [4.69, 9.17) is 0 Å². The number of guanidine groups is 1. The number of nitrogens with zero attached hydrogens (tertiary/aromatic N) is 4. The van der Waals surface area contributed by atoms with Crippen LogP contribution < -0.4 is 15.5 Å². The van der Waals surface area contributed by atoms with Gasteiger partial charge in [0.05, 0.1) is 12.7 Å². The van der Waals surface area contributed by atoms with Crippen LogP contribution in [0.15, 0.2) is 47.7 Å². The van der Waals surface area contributed by atoms with Crippen LogP contribution in [0, 0.1) is 0 Å². The summed E-state index contributed by atoms with van der Waals surface area (Å²) in [6, 6.07) is 10.3. The molecule has 156 valence electrons. The minimum atomic E-state index is -1.05. The molecule has 1 aromatic heterocycles. The highest BCUT2D eigenvalue weighted by atomic mass is 127. The van der Waals surface area contributed by atoms with Crippen LogP contribution in [0.5, 0.6) is 0 Å². The fraction of sp³-hybridized carbons (Fsp3) is 0.500. The van der Waals surface area contributed by atoms with E-state index >= 15 is 0 Å². The zero-order valence-electron chi connectivity index (χ0n) is 17.2. The number of para-hydroxylation sites is 1.